The minimum Gasteiger partial charge on any atom is -0.385 e. The Hall–Kier alpha value is -0.930. The Morgan fingerprint density at radius 1 is 1.42 bits per heavy atom. The normalized spacial score (nSPS) is 20.3. The molecule has 3 nitrogen and oxygen atoms in total. The second-order valence-electron chi connectivity index (χ2n) is 5.71. The SMILES string of the molecule is CN1CCCC(CNc2ccc(N(C)C)c(Cl)c2)C1. The number of piperidine rings is 1. The molecule has 1 unspecified atom stereocenters. The van der Waals surface area contributed by atoms with Crippen LogP contribution in [-0.2, 0) is 0 Å². The third-order valence-electron chi connectivity index (χ3n) is 3.75. The van der Waals surface area contributed by atoms with E-state index in [9.17, 15) is 0 Å². The lowest BCUT2D eigenvalue weighted by atomic mass is 9.98. The summed E-state index contributed by atoms with van der Waals surface area (Å²) in [6.07, 6.45) is 2.63. The second kappa shape index (κ2) is 6.49. The Labute approximate surface area is 121 Å². The van der Waals surface area contributed by atoms with Crippen LogP contribution in [0.4, 0.5) is 11.4 Å². The summed E-state index contributed by atoms with van der Waals surface area (Å²) in [4.78, 5) is 4.44. The average molecular weight is 282 g/mol. The van der Waals surface area contributed by atoms with Gasteiger partial charge in [0.05, 0.1) is 10.7 Å². The molecule has 1 heterocycles. The monoisotopic (exact) mass is 281 g/mol. The van der Waals surface area contributed by atoms with Crippen LogP contribution in [0.2, 0.25) is 5.02 Å². The molecule has 1 saturated heterocycles. The van der Waals surface area contributed by atoms with Gasteiger partial charge in [0.25, 0.3) is 0 Å². The number of nitrogens with zero attached hydrogens (tertiary/aromatic N) is 2. The molecule has 0 bridgehead atoms. The van der Waals surface area contributed by atoms with E-state index >= 15 is 0 Å². The Bertz CT molecular complexity index is 420. The van der Waals surface area contributed by atoms with Crippen molar-refractivity contribution in [1.29, 1.82) is 0 Å². The molecule has 1 aliphatic rings. The summed E-state index contributed by atoms with van der Waals surface area (Å²) >= 11 is 6.28. The van der Waals surface area contributed by atoms with Crippen LogP contribution in [0, 0.1) is 5.92 Å². The van der Waals surface area contributed by atoms with Gasteiger partial charge in [0.2, 0.25) is 0 Å². The molecule has 0 saturated carbocycles. The van der Waals surface area contributed by atoms with Crippen LogP contribution in [-0.4, -0.2) is 45.7 Å². The van der Waals surface area contributed by atoms with Crippen molar-refractivity contribution in [3.63, 3.8) is 0 Å². The van der Waals surface area contributed by atoms with E-state index in [1.807, 2.05) is 25.1 Å². The molecule has 0 spiro atoms. The van der Waals surface area contributed by atoms with E-state index in [0.29, 0.717) is 0 Å². The largest absolute Gasteiger partial charge is 0.385 e. The third-order valence-corrected chi connectivity index (χ3v) is 4.05. The maximum Gasteiger partial charge on any atom is 0.0659 e. The van der Waals surface area contributed by atoms with Crippen LogP contribution >= 0.6 is 11.6 Å². The average Bonchev–Trinajstić information content (AvgIpc) is 2.36. The molecule has 19 heavy (non-hydrogen) atoms. The van der Waals surface area contributed by atoms with Gasteiger partial charge >= 0.3 is 0 Å². The zero-order chi connectivity index (χ0) is 13.8. The second-order valence-corrected chi connectivity index (χ2v) is 6.12. The number of rotatable bonds is 4. The lowest BCUT2D eigenvalue weighted by molar-refractivity contribution is 0.217. The number of likely N-dealkylation sites (tertiary alicyclic amines) is 1. The number of anilines is 2. The summed E-state index contributed by atoms with van der Waals surface area (Å²) < 4.78 is 0. The van der Waals surface area contributed by atoms with E-state index in [1.165, 1.54) is 25.9 Å². The Balaban J connectivity index is 1.91. The first-order valence-electron chi connectivity index (χ1n) is 6.95. The summed E-state index contributed by atoms with van der Waals surface area (Å²) in [5.41, 5.74) is 2.17. The van der Waals surface area contributed by atoms with Crippen molar-refractivity contribution < 1.29 is 0 Å². The number of hydrogen-bond donors (Lipinski definition) is 1. The zero-order valence-corrected chi connectivity index (χ0v) is 12.9. The lowest BCUT2D eigenvalue weighted by Gasteiger charge is -2.30. The van der Waals surface area contributed by atoms with Crippen LogP contribution in [0.5, 0.6) is 0 Å². The van der Waals surface area contributed by atoms with Gasteiger partial charge in [-0.3, -0.25) is 0 Å². The minimum absolute atomic E-state index is 0.742. The number of halogens is 1. The van der Waals surface area contributed by atoms with Crippen molar-refractivity contribution in [3.8, 4) is 0 Å². The molecule has 1 aromatic rings. The van der Waals surface area contributed by atoms with E-state index in [4.69, 9.17) is 11.6 Å². The smallest absolute Gasteiger partial charge is 0.0659 e. The number of benzene rings is 1. The van der Waals surface area contributed by atoms with E-state index in [0.717, 1.165) is 28.9 Å². The van der Waals surface area contributed by atoms with E-state index < -0.39 is 0 Å². The minimum atomic E-state index is 0.742. The highest BCUT2D eigenvalue weighted by Crippen LogP contribution is 2.27. The third kappa shape index (κ3) is 4.02. The van der Waals surface area contributed by atoms with E-state index in [2.05, 4.69) is 29.4 Å². The predicted octanol–water partition coefficient (Wildman–Crippen LogP) is 3.16. The molecule has 0 radical (unpaired) electrons. The van der Waals surface area contributed by atoms with E-state index in [-0.39, 0.29) is 0 Å². The first-order chi connectivity index (χ1) is 9.06. The summed E-state index contributed by atoms with van der Waals surface area (Å²) in [7, 11) is 6.22. The van der Waals surface area contributed by atoms with E-state index in [1.54, 1.807) is 0 Å². The maximum atomic E-state index is 6.28. The zero-order valence-electron chi connectivity index (χ0n) is 12.1. The van der Waals surface area contributed by atoms with Gasteiger partial charge in [-0.25, -0.2) is 0 Å². The van der Waals surface area contributed by atoms with Crippen molar-refractivity contribution in [1.82, 2.24) is 4.90 Å². The fraction of sp³-hybridized carbons (Fsp3) is 0.600. The molecule has 0 aromatic heterocycles. The first kappa shape index (κ1) is 14.5. The molecular weight excluding hydrogens is 258 g/mol. The predicted molar refractivity (Wildman–Crippen MR) is 84.5 cm³/mol. The molecule has 1 aromatic carbocycles. The van der Waals surface area contributed by atoms with Gasteiger partial charge in [-0.15, -0.1) is 0 Å². The molecule has 1 fully saturated rings. The highest BCUT2D eigenvalue weighted by atomic mass is 35.5. The molecule has 0 aliphatic carbocycles. The summed E-state index contributed by atoms with van der Waals surface area (Å²) in [5.74, 6) is 0.742. The van der Waals surface area contributed by atoms with Gasteiger partial charge in [0.15, 0.2) is 0 Å². The topological polar surface area (TPSA) is 18.5 Å². The molecule has 0 amide bonds. The van der Waals surface area contributed by atoms with Gasteiger partial charge in [0, 0.05) is 32.9 Å². The lowest BCUT2D eigenvalue weighted by Crippen LogP contribution is -2.35. The van der Waals surface area contributed by atoms with Gasteiger partial charge in [-0.05, 0) is 50.6 Å². The van der Waals surface area contributed by atoms with Crippen molar-refractivity contribution in [2.24, 2.45) is 5.92 Å². The molecule has 1 atom stereocenters. The van der Waals surface area contributed by atoms with Crippen molar-refractivity contribution in [2.45, 2.75) is 12.8 Å². The highest BCUT2D eigenvalue weighted by molar-refractivity contribution is 6.33. The quantitative estimate of drug-likeness (QED) is 0.915. The summed E-state index contributed by atoms with van der Waals surface area (Å²) in [6.45, 7) is 3.46. The Morgan fingerprint density at radius 2 is 2.21 bits per heavy atom. The molecule has 2 rings (SSSR count). The molecule has 1 N–H and O–H groups in total. The van der Waals surface area contributed by atoms with Crippen LogP contribution in [0.15, 0.2) is 18.2 Å². The summed E-state index contributed by atoms with van der Waals surface area (Å²) in [5, 5.41) is 4.31. The van der Waals surface area contributed by atoms with Gasteiger partial charge in [-0.1, -0.05) is 11.6 Å². The molecule has 106 valence electrons. The van der Waals surface area contributed by atoms with Crippen LogP contribution in [0.1, 0.15) is 12.8 Å². The highest BCUT2D eigenvalue weighted by Gasteiger charge is 2.16. The van der Waals surface area contributed by atoms with Crippen molar-refractivity contribution in [3.05, 3.63) is 23.2 Å². The Morgan fingerprint density at radius 3 is 2.84 bits per heavy atom. The molecule has 1 aliphatic heterocycles. The molecular formula is C15H24ClN3. The number of nitrogens with one attached hydrogen (secondary N) is 1. The van der Waals surface area contributed by atoms with Gasteiger partial charge in [0.1, 0.15) is 0 Å². The fourth-order valence-electron chi connectivity index (χ4n) is 2.68. The van der Waals surface area contributed by atoms with Gasteiger partial charge in [-0.2, -0.15) is 0 Å². The van der Waals surface area contributed by atoms with Crippen molar-refractivity contribution in [2.75, 3.05) is 51.0 Å². The standard InChI is InChI=1S/C15H24ClN3/c1-18(2)15-7-6-13(9-14(15)16)17-10-12-5-4-8-19(3)11-12/h6-7,9,12,17H,4-5,8,10-11H2,1-3H3. The fourth-order valence-corrected chi connectivity index (χ4v) is 3.03. The first-order valence-corrected chi connectivity index (χ1v) is 7.33. The molecule has 4 heteroatoms. The maximum absolute atomic E-state index is 6.28. The Kier molecular flexibility index (Phi) is 4.94. The van der Waals surface area contributed by atoms with Crippen LogP contribution in [0.3, 0.4) is 0 Å². The van der Waals surface area contributed by atoms with Gasteiger partial charge < -0.3 is 15.1 Å². The van der Waals surface area contributed by atoms with Crippen LogP contribution < -0.4 is 10.2 Å². The van der Waals surface area contributed by atoms with Crippen LogP contribution in [0.25, 0.3) is 0 Å². The van der Waals surface area contributed by atoms with Crippen molar-refractivity contribution >= 4 is 23.0 Å². The summed E-state index contributed by atoms with van der Waals surface area (Å²) in [6, 6.07) is 6.19. The number of hydrogen-bond acceptors (Lipinski definition) is 3.